The Morgan fingerprint density at radius 3 is 2.53 bits per heavy atom. The summed E-state index contributed by atoms with van der Waals surface area (Å²) < 4.78 is 0. The van der Waals surface area contributed by atoms with E-state index in [2.05, 4.69) is 29.1 Å². The van der Waals surface area contributed by atoms with Gasteiger partial charge in [0.2, 0.25) is 0 Å². The molecule has 0 amide bonds. The molecule has 1 N–H and O–H groups in total. The number of hydrogen-bond acceptors (Lipinski definition) is 4. The van der Waals surface area contributed by atoms with E-state index in [0.717, 1.165) is 22.1 Å². The zero-order valence-corrected chi connectivity index (χ0v) is 11.4. The Balaban J connectivity index is 2.14. The fourth-order valence-electron chi connectivity index (χ4n) is 1.82. The van der Waals surface area contributed by atoms with Crippen LogP contribution >= 0.6 is 11.3 Å². The van der Waals surface area contributed by atoms with Crippen molar-refractivity contribution in [2.45, 2.75) is 33.7 Å². The number of aromatic nitrogens is 2. The first kappa shape index (κ1) is 12.0. The maximum Gasteiger partial charge on any atom is 0.0901 e. The molecule has 0 saturated heterocycles. The molecule has 0 saturated carbocycles. The Bertz CT molecular complexity index is 502. The molecular formula is C13H17N3S. The van der Waals surface area contributed by atoms with E-state index in [1.165, 1.54) is 4.88 Å². The smallest absolute Gasteiger partial charge is 0.0901 e. The van der Waals surface area contributed by atoms with Crippen LogP contribution in [-0.2, 0) is 0 Å². The van der Waals surface area contributed by atoms with Gasteiger partial charge in [0.05, 0.1) is 28.6 Å². The van der Waals surface area contributed by atoms with E-state index >= 15 is 0 Å². The number of thiazole rings is 1. The molecule has 0 radical (unpaired) electrons. The number of aryl methyl sites for hydroxylation is 3. The van der Waals surface area contributed by atoms with E-state index in [-0.39, 0.29) is 6.04 Å². The molecule has 0 fully saturated rings. The van der Waals surface area contributed by atoms with Crippen molar-refractivity contribution in [2.75, 3.05) is 5.32 Å². The molecule has 2 rings (SSSR count). The van der Waals surface area contributed by atoms with Crippen LogP contribution < -0.4 is 5.32 Å². The molecule has 1 atom stereocenters. The van der Waals surface area contributed by atoms with Gasteiger partial charge in [-0.2, -0.15) is 0 Å². The molecule has 90 valence electrons. The van der Waals surface area contributed by atoms with Crippen molar-refractivity contribution in [2.24, 2.45) is 0 Å². The van der Waals surface area contributed by atoms with Crippen LogP contribution in [-0.4, -0.2) is 9.97 Å². The third-order valence-corrected chi connectivity index (χ3v) is 3.55. The van der Waals surface area contributed by atoms with Crippen molar-refractivity contribution < 1.29 is 0 Å². The molecular weight excluding hydrogens is 230 g/mol. The lowest BCUT2D eigenvalue weighted by atomic mass is 10.2. The van der Waals surface area contributed by atoms with E-state index < -0.39 is 0 Å². The van der Waals surface area contributed by atoms with Crippen LogP contribution in [0.3, 0.4) is 0 Å². The summed E-state index contributed by atoms with van der Waals surface area (Å²) in [5, 5.41) is 4.54. The highest BCUT2D eigenvalue weighted by molar-refractivity contribution is 7.11. The summed E-state index contributed by atoms with van der Waals surface area (Å²) in [6, 6.07) is 4.27. The first-order chi connectivity index (χ1) is 8.06. The van der Waals surface area contributed by atoms with Gasteiger partial charge in [-0.1, -0.05) is 0 Å². The third-order valence-electron chi connectivity index (χ3n) is 2.64. The summed E-state index contributed by atoms with van der Waals surface area (Å²) in [6.07, 6.45) is 1.86. The molecule has 0 aliphatic rings. The molecule has 1 unspecified atom stereocenters. The molecule has 2 heterocycles. The summed E-state index contributed by atoms with van der Waals surface area (Å²) in [6.45, 7) is 8.27. The summed E-state index contributed by atoms with van der Waals surface area (Å²) in [5.41, 5.74) is 3.20. The zero-order valence-electron chi connectivity index (χ0n) is 10.6. The van der Waals surface area contributed by atoms with Crippen molar-refractivity contribution in [1.82, 2.24) is 9.97 Å². The second kappa shape index (κ2) is 4.84. The van der Waals surface area contributed by atoms with E-state index in [1.54, 1.807) is 11.3 Å². The third kappa shape index (κ3) is 2.82. The Kier molecular flexibility index (Phi) is 3.43. The lowest BCUT2D eigenvalue weighted by molar-refractivity contribution is 0.835. The van der Waals surface area contributed by atoms with Crippen molar-refractivity contribution in [3.8, 4) is 0 Å². The van der Waals surface area contributed by atoms with Crippen LogP contribution in [0, 0.1) is 20.8 Å². The van der Waals surface area contributed by atoms with Crippen molar-refractivity contribution in [1.29, 1.82) is 0 Å². The molecule has 0 aliphatic carbocycles. The molecule has 0 aliphatic heterocycles. The SMILES string of the molecule is Cc1ccc(NC(C)c2nc(C)sc2C)cn1. The highest BCUT2D eigenvalue weighted by Gasteiger charge is 2.12. The van der Waals surface area contributed by atoms with Gasteiger partial charge in [-0.3, -0.25) is 4.98 Å². The summed E-state index contributed by atoms with van der Waals surface area (Å²) in [5.74, 6) is 0. The Morgan fingerprint density at radius 1 is 1.24 bits per heavy atom. The molecule has 2 aromatic heterocycles. The minimum absolute atomic E-state index is 0.212. The number of anilines is 1. The van der Waals surface area contributed by atoms with Crippen molar-refractivity contribution in [3.05, 3.63) is 39.6 Å². The predicted octanol–water partition coefficient (Wildman–Crippen LogP) is 3.64. The van der Waals surface area contributed by atoms with Gasteiger partial charge in [0.1, 0.15) is 0 Å². The minimum atomic E-state index is 0.212. The maximum absolute atomic E-state index is 4.56. The van der Waals surface area contributed by atoms with Crippen LogP contribution in [0.15, 0.2) is 18.3 Å². The molecule has 3 nitrogen and oxygen atoms in total. The first-order valence-corrected chi connectivity index (χ1v) is 6.51. The van der Waals surface area contributed by atoms with Gasteiger partial charge < -0.3 is 5.32 Å². The Labute approximate surface area is 106 Å². The second-order valence-electron chi connectivity index (χ2n) is 4.23. The predicted molar refractivity (Wildman–Crippen MR) is 72.6 cm³/mol. The van der Waals surface area contributed by atoms with Gasteiger partial charge in [-0.15, -0.1) is 11.3 Å². The molecule has 17 heavy (non-hydrogen) atoms. The lowest BCUT2D eigenvalue weighted by Gasteiger charge is -2.13. The largest absolute Gasteiger partial charge is 0.376 e. The van der Waals surface area contributed by atoms with Crippen LogP contribution in [0.25, 0.3) is 0 Å². The van der Waals surface area contributed by atoms with Gasteiger partial charge in [-0.05, 0) is 39.8 Å². The zero-order chi connectivity index (χ0) is 12.4. The molecule has 2 aromatic rings. The van der Waals surface area contributed by atoms with Crippen LogP contribution in [0.1, 0.15) is 34.2 Å². The highest BCUT2D eigenvalue weighted by atomic mass is 32.1. The molecule has 0 bridgehead atoms. The second-order valence-corrected chi connectivity index (χ2v) is 5.64. The molecule has 0 aromatic carbocycles. The van der Waals surface area contributed by atoms with E-state index in [9.17, 15) is 0 Å². The maximum atomic E-state index is 4.56. The van der Waals surface area contributed by atoms with E-state index in [0.29, 0.717) is 0 Å². The van der Waals surface area contributed by atoms with Crippen LogP contribution in [0.2, 0.25) is 0 Å². The first-order valence-electron chi connectivity index (χ1n) is 5.69. The average molecular weight is 247 g/mol. The van der Waals surface area contributed by atoms with Gasteiger partial charge in [0, 0.05) is 10.6 Å². The topological polar surface area (TPSA) is 37.8 Å². The van der Waals surface area contributed by atoms with Crippen LogP contribution in [0.4, 0.5) is 5.69 Å². The summed E-state index contributed by atoms with van der Waals surface area (Å²) in [7, 11) is 0. The fraction of sp³-hybridized carbons (Fsp3) is 0.385. The van der Waals surface area contributed by atoms with Crippen molar-refractivity contribution >= 4 is 17.0 Å². The average Bonchev–Trinajstić information content (AvgIpc) is 2.61. The van der Waals surface area contributed by atoms with Gasteiger partial charge >= 0.3 is 0 Å². The van der Waals surface area contributed by atoms with E-state index in [4.69, 9.17) is 0 Å². The monoisotopic (exact) mass is 247 g/mol. The minimum Gasteiger partial charge on any atom is -0.376 e. The standard InChI is InChI=1S/C13H17N3S/c1-8-5-6-12(7-14-8)15-9(2)13-10(3)17-11(4)16-13/h5-7,9,15H,1-4H3. The quantitative estimate of drug-likeness (QED) is 0.900. The number of nitrogens with zero attached hydrogens (tertiary/aromatic N) is 2. The number of rotatable bonds is 3. The molecule has 4 heteroatoms. The van der Waals surface area contributed by atoms with Gasteiger partial charge in [0.25, 0.3) is 0 Å². The number of hydrogen-bond donors (Lipinski definition) is 1. The summed E-state index contributed by atoms with van der Waals surface area (Å²) in [4.78, 5) is 10.1. The number of nitrogens with one attached hydrogen (secondary N) is 1. The fourth-order valence-corrected chi connectivity index (χ4v) is 2.73. The lowest BCUT2D eigenvalue weighted by Crippen LogP contribution is -2.08. The van der Waals surface area contributed by atoms with Gasteiger partial charge in [-0.25, -0.2) is 4.98 Å². The van der Waals surface area contributed by atoms with Gasteiger partial charge in [0.15, 0.2) is 0 Å². The van der Waals surface area contributed by atoms with Crippen molar-refractivity contribution in [3.63, 3.8) is 0 Å². The molecule has 0 spiro atoms. The Hall–Kier alpha value is -1.42. The summed E-state index contributed by atoms with van der Waals surface area (Å²) >= 11 is 1.74. The van der Waals surface area contributed by atoms with E-state index in [1.807, 2.05) is 32.2 Å². The van der Waals surface area contributed by atoms with Crippen LogP contribution in [0.5, 0.6) is 0 Å². The Morgan fingerprint density at radius 2 is 2.00 bits per heavy atom. The normalized spacial score (nSPS) is 12.5. The highest BCUT2D eigenvalue weighted by Crippen LogP contribution is 2.25. The number of pyridine rings is 1.